The van der Waals surface area contributed by atoms with Crippen LogP contribution in [-0.2, 0) is 0 Å². The Bertz CT molecular complexity index is 623. The Balaban J connectivity index is 1.86. The number of benzene rings is 1. The number of imidazole rings is 1. The van der Waals surface area contributed by atoms with Crippen molar-refractivity contribution >= 4 is 32.7 Å². The second kappa shape index (κ2) is 5.41. The van der Waals surface area contributed by atoms with Crippen molar-refractivity contribution in [1.82, 2.24) is 9.97 Å². The van der Waals surface area contributed by atoms with Crippen molar-refractivity contribution in [3.05, 3.63) is 27.1 Å². The largest absolute Gasteiger partial charge is 0.381 e. The lowest BCUT2D eigenvalue weighted by molar-refractivity contribution is 0.620. The van der Waals surface area contributed by atoms with E-state index in [1.807, 2.05) is 12.1 Å². The molecule has 1 aliphatic rings. The fourth-order valence-electron chi connectivity index (χ4n) is 2.81. The summed E-state index contributed by atoms with van der Waals surface area (Å²) in [6.07, 6.45) is 7.77. The lowest BCUT2D eigenvalue weighted by Crippen LogP contribution is -2.18. The van der Waals surface area contributed by atoms with E-state index < -0.39 is 0 Å². The predicted molar refractivity (Wildman–Crippen MR) is 81.7 cm³/mol. The first-order valence-corrected chi connectivity index (χ1v) is 7.70. The molecule has 102 valence electrons. The minimum Gasteiger partial charge on any atom is -0.381 e. The van der Waals surface area contributed by atoms with Gasteiger partial charge in [-0.05, 0) is 40.9 Å². The number of hydrogen-bond donors (Lipinski definition) is 3. The molecular weight excluding hydrogens is 306 g/mol. The van der Waals surface area contributed by atoms with Crippen LogP contribution < -0.4 is 11.0 Å². The molecule has 0 amide bonds. The first-order valence-electron chi connectivity index (χ1n) is 6.90. The Morgan fingerprint density at radius 2 is 1.68 bits per heavy atom. The summed E-state index contributed by atoms with van der Waals surface area (Å²) < 4.78 is 1.000. The topological polar surface area (TPSA) is 60.7 Å². The molecule has 5 heteroatoms. The molecule has 1 aromatic heterocycles. The monoisotopic (exact) mass is 323 g/mol. The third-order valence-corrected chi connectivity index (χ3v) is 4.47. The average Bonchev–Trinajstić information content (AvgIpc) is 2.59. The minimum atomic E-state index is -0.159. The van der Waals surface area contributed by atoms with E-state index in [0.717, 1.165) is 21.2 Å². The molecule has 1 fully saturated rings. The van der Waals surface area contributed by atoms with Crippen LogP contribution in [0, 0.1) is 0 Å². The van der Waals surface area contributed by atoms with E-state index in [2.05, 4.69) is 31.2 Å². The maximum absolute atomic E-state index is 11.3. The Morgan fingerprint density at radius 3 is 2.37 bits per heavy atom. The molecule has 0 aliphatic heterocycles. The number of anilines is 1. The molecule has 19 heavy (non-hydrogen) atoms. The smallest absolute Gasteiger partial charge is 0.323 e. The summed E-state index contributed by atoms with van der Waals surface area (Å²) in [7, 11) is 0. The average molecular weight is 324 g/mol. The van der Waals surface area contributed by atoms with E-state index in [9.17, 15) is 4.79 Å². The highest BCUT2D eigenvalue weighted by Crippen LogP contribution is 2.29. The van der Waals surface area contributed by atoms with Gasteiger partial charge < -0.3 is 15.3 Å². The highest BCUT2D eigenvalue weighted by molar-refractivity contribution is 9.10. The number of nitrogens with one attached hydrogen (secondary N) is 3. The first kappa shape index (κ1) is 12.8. The highest BCUT2D eigenvalue weighted by Gasteiger charge is 2.14. The maximum atomic E-state index is 11.3. The highest BCUT2D eigenvalue weighted by atomic mass is 79.9. The van der Waals surface area contributed by atoms with Crippen molar-refractivity contribution < 1.29 is 0 Å². The summed E-state index contributed by atoms with van der Waals surface area (Å²) in [5.74, 6) is 0. The lowest BCUT2D eigenvalue weighted by atomic mass is 10.1. The summed E-state index contributed by atoms with van der Waals surface area (Å²) in [4.78, 5) is 16.9. The quantitative estimate of drug-likeness (QED) is 0.737. The van der Waals surface area contributed by atoms with E-state index in [4.69, 9.17) is 0 Å². The predicted octanol–water partition coefficient (Wildman–Crippen LogP) is 3.75. The molecule has 1 heterocycles. The molecule has 3 rings (SSSR count). The van der Waals surface area contributed by atoms with Crippen molar-refractivity contribution in [3.8, 4) is 0 Å². The normalized spacial score (nSPS) is 17.5. The van der Waals surface area contributed by atoms with Gasteiger partial charge in [-0.3, -0.25) is 0 Å². The van der Waals surface area contributed by atoms with Crippen LogP contribution in [0.1, 0.15) is 38.5 Å². The van der Waals surface area contributed by atoms with Gasteiger partial charge in [0.25, 0.3) is 0 Å². The van der Waals surface area contributed by atoms with Crippen molar-refractivity contribution in [1.29, 1.82) is 0 Å². The zero-order chi connectivity index (χ0) is 13.2. The molecule has 1 aromatic carbocycles. The van der Waals surface area contributed by atoms with Crippen LogP contribution in [0.4, 0.5) is 5.69 Å². The summed E-state index contributed by atoms with van der Waals surface area (Å²) in [6, 6.07) is 4.50. The number of rotatable bonds is 2. The summed E-state index contributed by atoms with van der Waals surface area (Å²) in [5.41, 5.74) is 2.59. The van der Waals surface area contributed by atoms with Crippen LogP contribution in [0.15, 0.2) is 21.4 Å². The molecule has 0 saturated heterocycles. The first-order chi connectivity index (χ1) is 9.22. The van der Waals surface area contributed by atoms with Crippen LogP contribution >= 0.6 is 15.9 Å². The van der Waals surface area contributed by atoms with Gasteiger partial charge in [-0.1, -0.05) is 25.7 Å². The fourth-order valence-corrected chi connectivity index (χ4v) is 3.27. The standard InChI is InChI=1S/C14H18BrN3O/c15-10-7-12-13(18-14(19)17-12)8-11(10)16-9-5-3-1-2-4-6-9/h7-9,16H,1-6H2,(H2,17,18,19). The minimum absolute atomic E-state index is 0.159. The van der Waals surface area contributed by atoms with Gasteiger partial charge in [0.1, 0.15) is 0 Å². The molecule has 3 N–H and O–H groups in total. The van der Waals surface area contributed by atoms with Gasteiger partial charge in [0.15, 0.2) is 0 Å². The van der Waals surface area contributed by atoms with E-state index in [1.165, 1.54) is 38.5 Å². The summed E-state index contributed by atoms with van der Waals surface area (Å²) in [5, 5.41) is 3.61. The van der Waals surface area contributed by atoms with Gasteiger partial charge in [0, 0.05) is 10.5 Å². The van der Waals surface area contributed by atoms with E-state index in [0.29, 0.717) is 6.04 Å². The SMILES string of the molecule is O=c1[nH]c2cc(Br)c(NC3CCCCCC3)cc2[nH]1. The Hall–Kier alpha value is -1.23. The molecule has 0 radical (unpaired) electrons. The number of aromatic amines is 2. The zero-order valence-electron chi connectivity index (χ0n) is 10.8. The fraction of sp³-hybridized carbons (Fsp3) is 0.500. The van der Waals surface area contributed by atoms with Gasteiger partial charge in [-0.2, -0.15) is 0 Å². The van der Waals surface area contributed by atoms with E-state index >= 15 is 0 Å². The number of fused-ring (bicyclic) bond motifs is 1. The van der Waals surface area contributed by atoms with Gasteiger partial charge in [-0.15, -0.1) is 0 Å². The van der Waals surface area contributed by atoms with E-state index in [-0.39, 0.29) is 5.69 Å². The lowest BCUT2D eigenvalue weighted by Gasteiger charge is -2.18. The van der Waals surface area contributed by atoms with Crippen molar-refractivity contribution in [2.45, 2.75) is 44.6 Å². The Labute approximate surface area is 120 Å². The molecule has 2 aromatic rings. The Kier molecular flexibility index (Phi) is 3.64. The van der Waals surface area contributed by atoms with Crippen molar-refractivity contribution in [3.63, 3.8) is 0 Å². The molecular formula is C14H18BrN3O. The second-order valence-corrected chi connectivity index (χ2v) is 6.14. The molecule has 0 atom stereocenters. The van der Waals surface area contributed by atoms with Crippen LogP contribution in [0.5, 0.6) is 0 Å². The molecule has 1 aliphatic carbocycles. The molecule has 4 nitrogen and oxygen atoms in total. The van der Waals surface area contributed by atoms with Crippen LogP contribution in [0.2, 0.25) is 0 Å². The maximum Gasteiger partial charge on any atom is 0.323 e. The summed E-state index contributed by atoms with van der Waals surface area (Å²) in [6.45, 7) is 0. The molecule has 0 bridgehead atoms. The Morgan fingerprint density at radius 1 is 1.05 bits per heavy atom. The van der Waals surface area contributed by atoms with Crippen molar-refractivity contribution in [2.24, 2.45) is 0 Å². The molecule has 0 unspecified atom stereocenters. The molecule has 1 saturated carbocycles. The number of H-pyrrole nitrogens is 2. The second-order valence-electron chi connectivity index (χ2n) is 5.29. The third kappa shape index (κ3) is 2.86. The van der Waals surface area contributed by atoms with Gasteiger partial charge in [0.05, 0.1) is 16.7 Å². The van der Waals surface area contributed by atoms with Crippen LogP contribution in [0.3, 0.4) is 0 Å². The van der Waals surface area contributed by atoms with Gasteiger partial charge in [-0.25, -0.2) is 4.79 Å². The zero-order valence-corrected chi connectivity index (χ0v) is 12.3. The van der Waals surface area contributed by atoms with E-state index in [1.54, 1.807) is 0 Å². The number of hydrogen-bond acceptors (Lipinski definition) is 2. The third-order valence-electron chi connectivity index (χ3n) is 3.82. The van der Waals surface area contributed by atoms with Crippen LogP contribution in [0.25, 0.3) is 11.0 Å². The van der Waals surface area contributed by atoms with Crippen molar-refractivity contribution in [2.75, 3.05) is 5.32 Å². The van der Waals surface area contributed by atoms with Gasteiger partial charge in [0.2, 0.25) is 0 Å². The number of halogens is 1. The molecule has 0 spiro atoms. The number of aromatic nitrogens is 2. The summed E-state index contributed by atoms with van der Waals surface area (Å²) >= 11 is 3.57. The van der Waals surface area contributed by atoms with Crippen LogP contribution in [-0.4, -0.2) is 16.0 Å². The van der Waals surface area contributed by atoms with Gasteiger partial charge >= 0.3 is 5.69 Å².